The van der Waals surface area contributed by atoms with Gasteiger partial charge >= 0.3 is 5.97 Å². The van der Waals surface area contributed by atoms with E-state index >= 15 is 0 Å². The Kier molecular flexibility index (Phi) is 6.48. The van der Waals surface area contributed by atoms with E-state index in [1.807, 2.05) is 42.5 Å². The summed E-state index contributed by atoms with van der Waals surface area (Å²) in [6.45, 7) is 0. The van der Waals surface area contributed by atoms with Gasteiger partial charge in [-0.05, 0) is 16.7 Å². The maximum absolute atomic E-state index is 12.3. The van der Waals surface area contributed by atoms with Crippen molar-refractivity contribution in [1.29, 1.82) is 0 Å². The van der Waals surface area contributed by atoms with Crippen LogP contribution in [0.1, 0.15) is 5.56 Å². The van der Waals surface area contributed by atoms with E-state index in [4.69, 9.17) is 4.55 Å². The molecule has 2 rings (SSSR count). The van der Waals surface area contributed by atoms with Crippen LogP contribution in [0.15, 0.2) is 54.6 Å². The molecule has 0 heterocycles. The minimum absolute atomic E-state index is 0.0654. The number of amides is 1. The summed E-state index contributed by atoms with van der Waals surface area (Å²) in [6, 6.07) is 15.3. The van der Waals surface area contributed by atoms with Gasteiger partial charge in [-0.15, -0.1) is 0 Å². The topological polar surface area (TPSA) is 110 Å². The third-order valence-electron chi connectivity index (χ3n) is 3.65. The van der Waals surface area contributed by atoms with Crippen LogP contribution in [0.3, 0.4) is 0 Å². The van der Waals surface area contributed by atoms with E-state index in [0.29, 0.717) is 5.56 Å². The molecule has 0 aromatic heterocycles. The van der Waals surface area contributed by atoms with Crippen LogP contribution in [-0.2, 0) is 30.9 Å². The largest absolute Gasteiger partial charge is 0.467 e. The van der Waals surface area contributed by atoms with Crippen molar-refractivity contribution in [3.63, 3.8) is 0 Å². The fraction of sp³-hybridized carbons (Fsp3) is 0.222. The van der Waals surface area contributed by atoms with Crippen LogP contribution >= 0.6 is 0 Å². The van der Waals surface area contributed by atoms with Gasteiger partial charge in [0.1, 0.15) is 11.8 Å². The lowest BCUT2D eigenvalue weighted by Gasteiger charge is -2.16. The van der Waals surface area contributed by atoms with Gasteiger partial charge in [-0.3, -0.25) is 9.35 Å². The fourth-order valence-corrected chi connectivity index (χ4v) is 3.15. The summed E-state index contributed by atoms with van der Waals surface area (Å²) in [5, 5.41) is 2.30. The third kappa shape index (κ3) is 5.68. The van der Waals surface area contributed by atoms with Crippen molar-refractivity contribution in [2.45, 2.75) is 12.5 Å². The molecule has 0 fully saturated rings. The molecule has 7 nitrogen and oxygen atoms in total. The highest BCUT2D eigenvalue weighted by molar-refractivity contribution is 7.85. The summed E-state index contributed by atoms with van der Waals surface area (Å²) >= 11 is 0. The fourth-order valence-electron chi connectivity index (χ4n) is 2.51. The second-order valence-corrected chi connectivity index (χ2v) is 7.09. The van der Waals surface area contributed by atoms with Gasteiger partial charge < -0.3 is 10.1 Å². The molecule has 1 amide bonds. The quantitative estimate of drug-likeness (QED) is 0.558. The van der Waals surface area contributed by atoms with E-state index in [9.17, 15) is 18.0 Å². The maximum Gasteiger partial charge on any atom is 0.329 e. The van der Waals surface area contributed by atoms with Crippen LogP contribution in [0, 0.1) is 0 Å². The van der Waals surface area contributed by atoms with Crippen molar-refractivity contribution in [2.24, 2.45) is 0 Å². The highest BCUT2D eigenvalue weighted by Crippen LogP contribution is 2.23. The highest BCUT2D eigenvalue weighted by Gasteiger charge is 2.27. The first-order chi connectivity index (χ1) is 12.3. The number of methoxy groups -OCH3 is 1. The zero-order valence-electron chi connectivity index (χ0n) is 14.1. The molecule has 0 unspecified atom stereocenters. The van der Waals surface area contributed by atoms with Crippen molar-refractivity contribution in [3.05, 3.63) is 60.2 Å². The minimum Gasteiger partial charge on any atom is -0.467 e. The lowest BCUT2D eigenvalue weighted by molar-refractivity contribution is -0.144. The molecule has 8 heteroatoms. The molecule has 0 aliphatic heterocycles. The van der Waals surface area contributed by atoms with E-state index in [0.717, 1.165) is 18.2 Å². The van der Waals surface area contributed by atoms with Crippen LogP contribution in [-0.4, -0.2) is 43.8 Å². The third-order valence-corrected chi connectivity index (χ3v) is 4.41. The summed E-state index contributed by atoms with van der Waals surface area (Å²) in [4.78, 5) is 24.0. The average molecular weight is 377 g/mol. The van der Waals surface area contributed by atoms with E-state index in [-0.39, 0.29) is 6.42 Å². The number of carbonyl (C=O) groups excluding carboxylic acids is 2. The van der Waals surface area contributed by atoms with Gasteiger partial charge in [0.25, 0.3) is 10.1 Å². The lowest BCUT2D eigenvalue weighted by atomic mass is 9.97. The van der Waals surface area contributed by atoms with Crippen molar-refractivity contribution in [2.75, 3.05) is 12.9 Å². The Bertz CT molecular complexity index is 880. The van der Waals surface area contributed by atoms with Gasteiger partial charge in [0.15, 0.2) is 0 Å². The maximum atomic E-state index is 12.3. The molecule has 1 atom stereocenters. The SMILES string of the molecule is COC(=O)[C@H](CS(=O)(=O)O)NC(=O)Cc1ccccc1-c1ccccc1. The Labute approximate surface area is 151 Å². The van der Waals surface area contributed by atoms with E-state index < -0.39 is 33.8 Å². The molecular weight excluding hydrogens is 358 g/mol. The van der Waals surface area contributed by atoms with E-state index in [2.05, 4.69) is 10.1 Å². The Balaban J connectivity index is 2.18. The second-order valence-electron chi connectivity index (χ2n) is 5.59. The zero-order valence-corrected chi connectivity index (χ0v) is 14.9. The molecular formula is C18H19NO6S. The second kappa shape index (κ2) is 8.59. The smallest absolute Gasteiger partial charge is 0.329 e. The van der Waals surface area contributed by atoms with Gasteiger partial charge in [-0.1, -0.05) is 54.6 Å². The lowest BCUT2D eigenvalue weighted by Crippen LogP contribution is -2.46. The van der Waals surface area contributed by atoms with Gasteiger partial charge in [0.2, 0.25) is 5.91 Å². The van der Waals surface area contributed by atoms with Gasteiger partial charge in [-0.25, -0.2) is 4.79 Å². The molecule has 2 aromatic carbocycles. The van der Waals surface area contributed by atoms with Crippen LogP contribution in [0.4, 0.5) is 0 Å². The molecule has 0 radical (unpaired) electrons. The number of rotatable bonds is 7. The summed E-state index contributed by atoms with van der Waals surface area (Å²) in [5.74, 6) is -2.47. The molecule has 0 saturated heterocycles. The predicted octanol–water partition coefficient (Wildman–Crippen LogP) is 1.44. The molecule has 0 bridgehead atoms. The minimum atomic E-state index is -4.46. The normalized spacial score (nSPS) is 12.2. The molecule has 2 aromatic rings. The number of ether oxygens (including phenoxy) is 1. The first kappa shape index (κ1) is 19.6. The van der Waals surface area contributed by atoms with Crippen molar-refractivity contribution in [1.82, 2.24) is 5.32 Å². The molecule has 2 N–H and O–H groups in total. The molecule has 138 valence electrons. The van der Waals surface area contributed by atoms with Crippen LogP contribution in [0.25, 0.3) is 11.1 Å². The number of nitrogens with one attached hydrogen (secondary N) is 1. The zero-order chi connectivity index (χ0) is 19.2. The summed E-state index contributed by atoms with van der Waals surface area (Å²) < 4.78 is 35.5. The van der Waals surface area contributed by atoms with Crippen LogP contribution in [0.5, 0.6) is 0 Å². The van der Waals surface area contributed by atoms with Crippen molar-refractivity contribution < 1.29 is 27.3 Å². The number of esters is 1. The molecule has 26 heavy (non-hydrogen) atoms. The van der Waals surface area contributed by atoms with E-state index in [1.165, 1.54) is 0 Å². The monoisotopic (exact) mass is 377 g/mol. The van der Waals surface area contributed by atoms with Gasteiger partial charge in [0.05, 0.1) is 13.5 Å². The Morgan fingerprint density at radius 2 is 1.69 bits per heavy atom. The predicted molar refractivity (Wildman–Crippen MR) is 95.9 cm³/mol. The van der Waals surface area contributed by atoms with E-state index in [1.54, 1.807) is 12.1 Å². The molecule has 0 aliphatic carbocycles. The van der Waals surface area contributed by atoms with Gasteiger partial charge in [-0.2, -0.15) is 8.42 Å². The van der Waals surface area contributed by atoms with Gasteiger partial charge in [0, 0.05) is 0 Å². The summed E-state index contributed by atoms with van der Waals surface area (Å²) in [5.41, 5.74) is 2.50. The first-order valence-corrected chi connectivity index (χ1v) is 9.37. The average Bonchev–Trinajstić information content (AvgIpc) is 2.60. The van der Waals surface area contributed by atoms with Crippen LogP contribution < -0.4 is 5.32 Å². The summed E-state index contributed by atoms with van der Waals surface area (Å²) in [7, 11) is -3.40. The highest BCUT2D eigenvalue weighted by atomic mass is 32.2. The van der Waals surface area contributed by atoms with Crippen molar-refractivity contribution >= 4 is 22.0 Å². The Morgan fingerprint density at radius 3 is 2.31 bits per heavy atom. The number of benzene rings is 2. The Morgan fingerprint density at radius 1 is 1.08 bits per heavy atom. The Hall–Kier alpha value is -2.71. The number of hydrogen-bond acceptors (Lipinski definition) is 5. The van der Waals surface area contributed by atoms with Crippen LogP contribution in [0.2, 0.25) is 0 Å². The number of hydrogen-bond donors (Lipinski definition) is 2. The molecule has 0 spiro atoms. The standard InChI is InChI=1S/C18H19NO6S/c1-25-18(21)16(12-26(22,23)24)19-17(20)11-14-9-5-6-10-15(14)13-7-3-2-4-8-13/h2-10,16H,11-12H2,1H3,(H,19,20)(H,22,23,24)/t16-/m0/s1. The number of carbonyl (C=O) groups is 2. The summed E-state index contributed by atoms with van der Waals surface area (Å²) in [6.07, 6.45) is -0.0654. The molecule has 0 saturated carbocycles. The van der Waals surface area contributed by atoms with Crippen molar-refractivity contribution in [3.8, 4) is 11.1 Å². The first-order valence-electron chi connectivity index (χ1n) is 7.76. The molecule has 0 aliphatic rings.